The van der Waals surface area contributed by atoms with E-state index in [1.54, 1.807) is 0 Å². The molecule has 0 radical (unpaired) electrons. The van der Waals surface area contributed by atoms with E-state index in [1.807, 2.05) is 0 Å². The molecule has 0 atom stereocenters. The number of alkyl halides is 3. The van der Waals surface area contributed by atoms with Gasteiger partial charge < -0.3 is 5.73 Å². The van der Waals surface area contributed by atoms with Crippen molar-refractivity contribution in [1.29, 1.82) is 0 Å². The van der Waals surface area contributed by atoms with E-state index in [-0.39, 0.29) is 16.3 Å². The van der Waals surface area contributed by atoms with Gasteiger partial charge in [-0.3, -0.25) is 4.79 Å². The van der Waals surface area contributed by atoms with E-state index in [2.05, 4.69) is 4.98 Å². The summed E-state index contributed by atoms with van der Waals surface area (Å²) in [4.78, 5) is 14.7. The fourth-order valence-corrected chi connectivity index (χ4v) is 2.28. The second-order valence-corrected chi connectivity index (χ2v) is 4.30. The SMILES string of the molecule is NC(=O)c1csc(-c2ccccc2C(F)(F)F)n1. The summed E-state index contributed by atoms with van der Waals surface area (Å²) in [6, 6.07) is 5.07. The molecule has 0 aliphatic rings. The fourth-order valence-electron chi connectivity index (χ4n) is 1.43. The zero-order chi connectivity index (χ0) is 13.3. The number of amides is 1. The van der Waals surface area contributed by atoms with Gasteiger partial charge in [0.1, 0.15) is 10.7 Å². The van der Waals surface area contributed by atoms with E-state index in [9.17, 15) is 18.0 Å². The Morgan fingerprint density at radius 1 is 1.28 bits per heavy atom. The number of thiazole rings is 1. The van der Waals surface area contributed by atoms with Crippen LogP contribution in [0.2, 0.25) is 0 Å². The molecule has 0 spiro atoms. The van der Waals surface area contributed by atoms with Gasteiger partial charge in [-0.1, -0.05) is 18.2 Å². The van der Waals surface area contributed by atoms with E-state index < -0.39 is 17.6 Å². The van der Waals surface area contributed by atoms with Crippen molar-refractivity contribution >= 4 is 17.2 Å². The number of rotatable bonds is 2. The number of primary amides is 1. The topological polar surface area (TPSA) is 56.0 Å². The van der Waals surface area contributed by atoms with E-state index in [0.717, 1.165) is 17.4 Å². The molecule has 1 amide bonds. The first-order valence-electron chi connectivity index (χ1n) is 4.81. The first-order chi connectivity index (χ1) is 8.39. The lowest BCUT2D eigenvalue weighted by Crippen LogP contribution is -2.11. The number of nitrogens with two attached hydrogens (primary N) is 1. The van der Waals surface area contributed by atoms with Crippen molar-refractivity contribution in [2.75, 3.05) is 0 Å². The van der Waals surface area contributed by atoms with Crippen molar-refractivity contribution in [3.8, 4) is 10.6 Å². The molecule has 0 saturated heterocycles. The Morgan fingerprint density at radius 2 is 1.94 bits per heavy atom. The molecule has 0 aliphatic carbocycles. The zero-order valence-electron chi connectivity index (χ0n) is 8.86. The van der Waals surface area contributed by atoms with Crippen LogP contribution in [0.25, 0.3) is 10.6 Å². The van der Waals surface area contributed by atoms with Gasteiger partial charge in [0.2, 0.25) is 0 Å². The maximum absolute atomic E-state index is 12.8. The summed E-state index contributed by atoms with van der Waals surface area (Å²) < 4.78 is 38.4. The smallest absolute Gasteiger partial charge is 0.364 e. The van der Waals surface area contributed by atoms with Crippen molar-refractivity contribution in [3.63, 3.8) is 0 Å². The Hall–Kier alpha value is -1.89. The summed E-state index contributed by atoms with van der Waals surface area (Å²) in [5.74, 6) is -0.762. The van der Waals surface area contributed by atoms with Crippen LogP contribution >= 0.6 is 11.3 Å². The lowest BCUT2D eigenvalue weighted by Gasteiger charge is -2.10. The van der Waals surface area contributed by atoms with Gasteiger partial charge in [-0.2, -0.15) is 13.2 Å². The van der Waals surface area contributed by atoms with E-state index in [1.165, 1.54) is 23.6 Å². The van der Waals surface area contributed by atoms with Crippen LogP contribution in [-0.4, -0.2) is 10.9 Å². The Kier molecular flexibility index (Phi) is 3.08. The molecule has 3 nitrogen and oxygen atoms in total. The first kappa shape index (κ1) is 12.6. The van der Waals surface area contributed by atoms with E-state index >= 15 is 0 Å². The summed E-state index contributed by atoms with van der Waals surface area (Å²) >= 11 is 0.949. The van der Waals surface area contributed by atoms with Crippen LogP contribution in [0.3, 0.4) is 0 Å². The Bertz CT molecular complexity index is 592. The minimum Gasteiger partial charge on any atom is -0.364 e. The van der Waals surface area contributed by atoms with Crippen molar-refractivity contribution < 1.29 is 18.0 Å². The van der Waals surface area contributed by atoms with Crippen LogP contribution in [0.5, 0.6) is 0 Å². The highest BCUT2D eigenvalue weighted by Crippen LogP contribution is 2.37. The van der Waals surface area contributed by atoms with Crippen molar-refractivity contribution in [1.82, 2.24) is 4.98 Å². The summed E-state index contributed by atoms with van der Waals surface area (Å²) in [6.45, 7) is 0. The summed E-state index contributed by atoms with van der Waals surface area (Å²) in [7, 11) is 0. The molecule has 0 aliphatic heterocycles. The second kappa shape index (κ2) is 4.41. The van der Waals surface area contributed by atoms with Gasteiger partial charge in [0, 0.05) is 10.9 Å². The number of benzene rings is 1. The number of aromatic nitrogens is 1. The quantitative estimate of drug-likeness (QED) is 0.913. The maximum atomic E-state index is 12.8. The fraction of sp³-hybridized carbons (Fsp3) is 0.0909. The third-order valence-corrected chi connectivity index (χ3v) is 3.10. The number of nitrogens with zero attached hydrogens (tertiary/aromatic N) is 1. The molecule has 0 unspecified atom stereocenters. The minimum atomic E-state index is -4.46. The molecule has 7 heteroatoms. The number of hydrogen-bond acceptors (Lipinski definition) is 3. The van der Waals surface area contributed by atoms with E-state index in [4.69, 9.17) is 5.73 Å². The molecular formula is C11H7F3N2OS. The molecule has 18 heavy (non-hydrogen) atoms. The van der Waals surface area contributed by atoms with Crippen molar-refractivity contribution in [3.05, 3.63) is 40.9 Å². The molecule has 2 aromatic rings. The number of halogens is 3. The first-order valence-corrected chi connectivity index (χ1v) is 5.69. The Balaban J connectivity index is 2.53. The largest absolute Gasteiger partial charge is 0.417 e. The summed E-state index contributed by atoms with van der Waals surface area (Å²) in [5.41, 5.74) is 4.14. The molecule has 2 rings (SSSR count). The average molecular weight is 272 g/mol. The molecule has 0 saturated carbocycles. The zero-order valence-corrected chi connectivity index (χ0v) is 9.68. The maximum Gasteiger partial charge on any atom is 0.417 e. The lowest BCUT2D eigenvalue weighted by molar-refractivity contribution is -0.137. The third-order valence-electron chi connectivity index (χ3n) is 2.22. The average Bonchev–Trinajstić information content (AvgIpc) is 2.77. The highest BCUT2D eigenvalue weighted by Gasteiger charge is 2.34. The number of carbonyl (C=O) groups excluding carboxylic acids is 1. The van der Waals surface area contributed by atoms with Crippen LogP contribution in [0.1, 0.15) is 16.1 Å². The minimum absolute atomic E-state index is 0.0352. The van der Waals surface area contributed by atoms with E-state index in [0.29, 0.717) is 0 Å². The highest BCUT2D eigenvalue weighted by molar-refractivity contribution is 7.13. The van der Waals surface area contributed by atoms with Gasteiger partial charge >= 0.3 is 6.18 Å². The highest BCUT2D eigenvalue weighted by atomic mass is 32.1. The lowest BCUT2D eigenvalue weighted by atomic mass is 10.1. The van der Waals surface area contributed by atoms with Gasteiger partial charge in [-0.15, -0.1) is 11.3 Å². The molecule has 94 valence electrons. The third kappa shape index (κ3) is 2.35. The van der Waals surface area contributed by atoms with Crippen LogP contribution in [0.15, 0.2) is 29.6 Å². The van der Waals surface area contributed by atoms with Gasteiger partial charge in [-0.05, 0) is 6.07 Å². The molecule has 1 heterocycles. The normalized spacial score (nSPS) is 11.5. The van der Waals surface area contributed by atoms with Crippen LogP contribution in [-0.2, 0) is 6.18 Å². The standard InChI is InChI=1S/C11H7F3N2OS/c12-11(13,14)7-4-2-1-3-6(7)10-16-8(5-18-10)9(15)17/h1-5H,(H2,15,17). The number of hydrogen-bond donors (Lipinski definition) is 1. The molecule has 1 aromatic heterocycles. The van der Waals surface area contributed by atoms with Crippen LogP contribution in [0.4, 0.5) is 13.2 Å². The molecule has 2 N–H and O–H groups in total. The molecular weight excluding hydrogens is 265 g/mol. The predicted octanol–water partition coefficient (Wildman–Crippen LogP) is 2.93. The predicted molar refractivity (Wildman–Crippen MR) is 61.1 cm³/mol. The van der Waals surface area contributed by atoms with Gasteiger partial charge in [0.05, 0.1) is 5.56 Å². The molecule has 0 bridgehead atoms. The van der Waals surface area contributed by atoms with Gasteiger partial charge in [0.15, 0.2) is 0 Å². The van der Waals surface area contributed by atoms with Gasteiger partial charge in [0.25, 0.3) is 5.91 Å². The second-order valence-electron chi connectivity index (χ2n) is 3.45. The summed E-state index contributed by atoms with van der Waals surface area (Å²) in [6.07, 6.45) is -4.46. The Morgan fingerprint density at radius 3 is 2.50 bits per heavy atom. The van der Waals surface area contributed by atoms with Crippen molar-refractivity contribution in [2.24, 2.45) is 5.73 Å². The molecule has 0 fully saturated rings. The number of carbonyl (C=O) groups is 1. The van der Waals surface area contributed by atoms with Crippen LogP contribution < -0.4 is 5.73 Å². The van der Waals surface area contributed by atoms with Gasteiger partial charge in [-0.25, -0.2) is 4.98 Å². The Labute approximate surface area is 104 Å². The molecule has 1 aromatic carbocycles. The van der Waals surface area contributed by atoms with Crippen molar-refractivity contribution in [2.45, 2.75) is 6.18 Å². The summed E-state index contributed by atoms with van der Waals surface area (Å²) in [5, 5.41) is 1.46. The monoisotopic (exact) mass is 272 g/mol. The van der Waals surface area contributed by atoms with Crippen LogP contribution in [0, 0.1) is 0 Å².